The summed E-state index contributed by atoms with van der Waals surface area (Å²) in [5, 5.41) is 3.98. The summed E-state index contributed by atoms with van der Waals surface area (Å²) in [4.78, 5) is 19.0. The number of carbonyl (C=O) groups excluding carboxylic acids is 1. The molecule has 1 atom stereocenters. The van der Waals surface area contributed by atoms with Crippen LogP contribution in [-0.4, -0.2) is 29.4 Å². The quantitative estimate of drug-likeness (QED) is 0.756. The molecule has 5 heteroatoms. The Kier molecular flexibility index (Phi) is 4.92. The average molecular weight is 339 g/mol. The highest BCUT2D eigenvalue weighted by atomic mass is 32.1. The normalized spacial score (nSPS) is 12.5. The first-order valence-corrected chi connectivity index (χ1v) is 8.77. The number of aromatic nitrogens is 1. The molecule has 0 aliphatic rings. The maximum atomic E-state index is 12.3. The number of anilines is 1. The van der Waals surface area contributed by atoms with Crippen LogP contribution >= 0.6 is 11.3 Å². The molecule has 1 heterocycles. The molecule has 3 rings (SSSR count). The van der Waals surface area contributed by atoms with Crippen LogP contribution in [0.25, 0.3) is 10.2 Å². The summed E-state index contributed by atoms with van der Waals surface area (Å²) in [7, 11) is 1.95. The van der Waals surface area contributed by atoms with Crippen LogP contribution in [0.2, 0.25) is 0 Å². The Morgan fingerprint density at radius 3 is 2.79 bits per heavy atom. The number of carbonyl (C=O) groups is 1. The predicted octanol–water partition coefficient (Wildman–Crippen LogP) is 4.24. The molecule has 2 aromatic carbocycles. The minimum atomic E-state index is -0.0175. The molecule has 0 fully saturated rings. The Morgan fingerprint density at radius 2 is 2.04 bits per heavy atom. The zero-order valence-corrected chi connectivity index (χ0v) is 14.9. The van der Waals surface area contributed by atoms with E-state index < -0.39 is 0 Å². The number of aryl methyl sites for hydroxylation is 1. The van der Waals surface area contributed by atoms with Crippen molar-refractivity contribution in [3.8, 4) is 0 Å². The maximum Gasteiger partial charge on any atom is 0.238 e. The number of fused-ring (bicyclic) bond motifs is 1. The van der Waals surface area contributed by atoms with Crippen LogP contribution in [0.15, 0.2) is 48.5 Å². The van der Waals surface area contributed by atoms with Gasteiger partial charge in [-0.2, -0.15) is 0 Å². The summed E-state index contributed by atoms with van der Waals surface area (Å²) in [5.74, 6) is -0.0175. The van der Waals surface area contributed by atoms with Crippen LogP contribution in [0.1, 0.15) is 23.5 Å². The van der Waals surface area contributed by atoms with Gasteiger partial charge in [-0.1, -0.05) is 24.3 Å². The van der Waals surface area contributed by atoms with E-state index in [0.717, 1.165) is 21.8 Å². The molecule has 1 amide bonds. The van der Waals surface area contributed by atoms with Gasteiger partial charge in [-0.05, 0) is 50.7 Å². The monoisotopic (exact) mass is 339 g/mol. The molecule has 124 valence electrons. The fourth-order valence-corrected chi connectivity index (χ4v) is 3.63. The summed E-state index contributed by atoms with van der Waals surface area (Å²) in [6.07, 6.45) is 0. The van der Waals surface area contributed by atoms with Gasteiger partial charge < -0.3 is 5.32 Å². The number of thiazole rings is 1. The molecule has 0 saturated carbocycles. The van der Waals surface area contributed by atoms with Crippen LogP contribution in [0, 0.1) is 6.92 Å². The second-order valence-corrected chi connectivity index (χ2v) is 7.09. The summed E-state index contributed by atoms with van der Waals surface area (Å²) >= 11 is 1.68. The third-order valence-electron chi connectivity index (χ3n) is 4.02. The standard InChI is InChI=1S/C19H21N3OS/c1-13-7-6-8-15(11-13)20-18(23)12-22(3)14(2)19-21-16-9-4-5-10-17(16)24-19/h4-11,14H,12H2,1-3H3,(H,20,23)/t14-/m1/s1. The number of amides is 1. The summed E-state index contributed by atoms with van der Waals surface area (Å²) in [5.41, 5.74) is 2.98. The van der Waals surface area contributed by atoms with Crippen molar-refractivity contribution in [3.63, 3.8) is 0 Å². The van der Waals surface area contributed by atoms with E-state index in [2.05, 4.69) is 23.3 Å². The van der Waals surface area contributed by atoms with E-state index in [4.69, 9.17) is 0 Å². The number of rotatable bonds is 5. The topological polar surface area (TPSA) is 45.2 Å². The van der Waals surface area contributed by atoms with Crippen molar-refractivity contribution in [2.75, 3.05) is 18.9 Å². The Morgan fingerprint density at radius 1 is 1.25 bits per heavy atom. The number of nitrogens with zero attached hydrogens (tertiary/aromatic N) is 2. The Labute approximate surface area is 146 Å². The largest absolute Gasteiger partial charge is 0.325 e. The molecular weight excluding hydrogens is 318 g/mol. The van der Waals surface area contributed by atoms with Crippen molar-refractivity contribution >= 4 is 33.1 Å². The fraction of sp³-hybridized carbons (Fsp3) is 0.263. The summed E-state index contributed by atoms with van der Waals surface area (Å²) in [6.45, 7) is 4.42. The number of hydrogen-bond donors (Lipinski definition) is 1. The molecule has 0 saturated heterocycles. The van der Waals surface area contributed by atoms with Gasteiger partial charge in [0.2, 0.25) is 5.91 Å². The second-order valence-electron chi connectivity index (χ2n) is 6.03. The van der Waals surface area contributed by atoms with Crippen molar-refractivity contribution in [1.82, 2.24) is 9.88 Å². The van der Waals surface area contributed by atoms with E-state index in [1.165, 1.54) is 4.70 Å². The van der Waals surface area contributed by atoms with Crippen molar-refractivity contribution in [2.45, 2.75) is 19.9 Å². The van der Waals surface area contributed by atoms with Gasteiger partial charge in [-0.3, -0.25) is 9.69 Å². The van der Waals surface area contributed by atoms with Crippen LogP contribution in [0.5, 0.6) is 0 Å². The van der Waals surface area contributed by atoms with E-state index in [9.17, 15) is 4.79 Å². The SMILES string of the molecule is Cc1cccc(NC(=O)CN(C)[C@H](C)c2nc3ccccc3s2)c1. The number of nitrogens with one attached hydrogen (secondary N) is 1. The lowest BCUT2D eigenvalue weighted by Crippen LogP contribution is -2.32. The van der Waals surface area contributed by atoms with Gasteiger partial charge >= 0.3 is 0 Å². The molecule has 3 aromatic rings. The smallest absolute Gasteiger partial charge is 0.238 e. The van der Waals surface area contributed by atoms with Gasteiger partial charge in [0.05, 0.1) is 22.8 Å². The molecule has 0 unspecified atom stereocenters. The number of benzene rings is 2. The molecule has 0 bridgehead atoms. The molecule has 0 radical (unpaired) electrons. The minimum absolute atomic E-state index is 0.0175. The first-order chi connectivity index (χ1) is 11.5. The van der Waals surface area contributed by atoms with Crippen molar-refractivity contribution in [2.24, 2.45) is 0 Å². The lowest BCUT2D eigenvalue weighted by Gasteiger charge is -2.22. The summed E-state index contributed by atoms with van der Waals surface area (Å²) in [6, 6.07) is 16.0. The van der Waals surface area contributed by atoms with Gasteiger partial charge in [-0.15, -0.1) is 11.3 Å². The molecule has 1 N–H and O–H groups in total. The van der Waals surface area contributed by atoms with Crippen LogP contribution in [0.3, 0.4) is 0 Å². The van der Waals surface area contributed by atoms with Crippen LogP contribution in [0.4, 0.5) is 5.69 Å². The van der Waals surface area contributed by atoms with Crippen molar-refractivity contribution in [3.05, 3.63) is 59.1 Å². The third-order valence-corrected chi connectivity index (χ3v) is 5.23. The molecule has 0 aliphatic heterocycles. The van der Waals surface area contributed by atoms with Gasteiger partial charge in [0.25, 0.3) is 0 Å². The Balaban J connectivity index is 1.65. The highest BCUT2D eigenvalue weighted by molar-refractivity contribution is 7.18. The van der Waals surface area contributed by atoms with E-state index in [1.807, 2.05) is 61.3 Å². The fourth-order valence-electron chi connectivity index (χ4n) is 2.54. The molecule has 0 aliphatic carbocycles. The zero-order valence-electron chi connectivity index (χ0n) is 14.1. The van der Waals surface area contributed by atoms with Gasteiger partial charge in [0.15, 0.2) is 0 Å². The number of para-hydroxylation sites is 1. The van der Waals surface area contributed by atoms with Crippen molar-refractivity contribution in [1.29, 1.82) is 0 Å². The first kappa shape index (κ1) is 16.6. The lowest BCUT2D eigenvalue weighted by atomic mass is 10.2. The predicted molar refractivity (Wildman–Crippen MR) is 100 cm³/mol. The van der Waals surface area contributed by atoms with E-state index in [0.29, 0.717) is 6.54 Å². The Bertz CT molecular complexity index is 825. The highest BCUT2D eigenvalue weighted by Gasteiger charge is 2.18. The Hall–Kier alpha value is -2.24. The van der Waals surface area contributed by atoms with Crippen LogP contribution in [-0.2, 0) is 4.79 Å². The third kappa shape index (κ3) is 3.80. The second kappa shape index (κ2) is 7.11. The molecular formula is C19H21N3OS. The lowest BCUT2D eigenvalue weighted by molar-refractivity contribution is -0.117. The summed E-state index contributed by atoms with van der Waals surface area (Å²) < 4.78 is 1.18. The zero-order chi connectivity index (χ0) is 17.1. The maximum absolute atomic E-state index is 12.3. The van der Waals surface area contributed by atoms with Crippen LogP contribution < -0.4 is 5.32 Å². The highest BCUT2D eigenvalue weighted by Crippen LogP contribution is 2.28. The van der Waals surface area contributed by atoms with E-state index in [1.54, 1.807) is 11.3 Å². The molecule has 0 spiro atoms. The van der Waals surface area contributed by atoms with E-state index in [-0.39, 0.29) is 11.9 Å². The number of hydrogen-bond acceptors (Lipinski definition) is 4. The average Bonchev–Trinajstić information content (AvgIpc) is 2.97. The van der Waals surface area contributed by atoms with Gasteiger partial charge in [-0.25, -0.2) is 4.98 Å². The molecule has 4 nitrogen and oxygen atoms in total. The van der Waals surface area contributed by atoms with E-state index >= 15 is 0 Å². The molecule has 1 aromatic heterocycles. The van der Waals surface area contributed by atoms with Gasteiger partial charge in [0.1, 0.15) is 5.01 Å². The molecule has 24 heavy (non-hydrogen) atoms. The first-order valence-electron chi connectivity index (χ1n) is 7.95. The van der Waals surface area contributed by atoms with Gasteiger partial charge in [0, 0.05) is 5.69 Å². The number of likely N-dealkylation sites (N-methyl/N-ethyl adjacent to an activating group) is 1. The van der Waals surface area contributed by atoms with Crippen molar-refractivity contribution < 1.29 is 4.79 Å². The minimum Gasteiger partial charge on any atom is -0.325 e.